The highest BCUT2D eigenvalue weighted by atomic mass is 32.2. The van der Waals surface area contributed by atoms with Gasteiger partial charge in [0, 0.05) is 5.38 Å². The fraction of sp³-hybridized carbons (Fsp3) is 0.786. The molecular weight excluding hydrogens is 260 g/mol. The van der Waals surface area contributed by atoms with Gasteiger partial charge in [0.25, 0.3) is 0 Å². The van der Waals surface area contributed by atoms with E-state index in [2.05, 4.69) is 43.2 Å². The lowest BCUT2D eigenvalue weighted by Crippen LogP contribution is -2.45. The van der Waals surface area contributed by atoms with Crippen LogP contribution in [0.3, 0.4) is 0 Å². The molecule has 0 atom stereocenters. The van der Waals surface area contributed by atoms with Gasteiger partial charge in [-0.1, -0.05) is 20.8 Å². The number of thiazole rings is 1. The number of aromatic nitrogens is 1. The molecule has 2 heterocycles. The van der Waals surface area contributed by atoms with Crippen LogP contribution in [0.4, 0.5) is 0 Å². The molecule has 1 aliphatic heterocycles. The molecule has 0 radical (unpaired) electrons. The topological polar surface area (TPSA) is 24.9 Å². The van der Waals surface area contributed by atoms with Crippen LogP contribution in [-0.4, -0.2) is 23.0 Å². The highest BCUT2D eigenvalue weighted by Gasteiger charge is 2.36. The normalized spacial score (nSPS) is 19.3. The number of hydrogen-bond acceptors (Lipinski definition) is 4. The molecule has 0 bridgehead atoms. The van der Waals surface area contributed by atoms with Crippen LogP contribution < -0.4 is 5.32 Å². The first-order chi connectivity index (χ1) is 8.68. The molecule has 102 valence electrons. The van der Waals surface area contributed by atoms with E-state index >= 15 is 0 Å². The molecule has 0 amide bonds. The van der Waals surface area contributed by atoms with E-state index in [4.69, 9.17) is 4.98 Å². The van der Waals surface area contributed by atoms with Crippen molar-refractivity contribution in [1.82, 2.24) is 10.3 Å². The number of nitrogens with zero attached hydrogens (tertiary/aromatic N) is 1. The van der Waals surface area contributed by atoms with Crippen molar-refractivity contribution >= 4 is 23.1 Å². The third-order valence-electron chi connectivity index (χ3n) is 3.58. The molecule has 1 aromatic rings. The summed E-state index contributed by atoms with van der Waals surface area (Å²) in [6.45, 7) is 7.78. The van der Waals surface area contributed by atoms with E-state index in [-0.39, 0.29) is 5.54 Å². The predicted molar refractivity (Wildman–Crippen MR) is 82.7 cm³/mol. The average molecular weight is 284 g/mol. The summed E-state index contributed by atoms with van der Waals surface area (Å²) < 4.78 is 0. The van der Waals surface area contributed by atoms with Crippen molar-refractivity contribution in [2.45, 2.75) is 51.5 Å². The molecule has 0 spiro atoms. The number of nitrogens with one attached hydrogen (secondary N) is 1. The van der Waals surface area contributed by atoms with Crippen molar-refractivity contribution in [3.05, 3.63) is 16.1 Å². The van der Waals surface area contributed by atoms with E-state index in [0.29, 0.717) is 5.92 Å². The highest BCUT2D eigenvalue weighted by molar-refractivity contribution is 7.99. The van der Waals surface area contributed by atoms with Gasteiger partial charge in [0.1, 0.15) is 5.01 Å². The summed E-state index contributed by atoms with van der Waals surface area (Å²) in [7, 11) is 0. The quantitative estimate of drug-likeness (QED) is 0.885. The largest absolute Gasteiger partial charge is 0.305 e. The molecule has 1 aliphatic rings. The second-order valence-corrected chi connectivity index (χ2v) is 7.44. The Morgan fingerprint density at radius 3 is 2.67 bits per heavy atom. The van der Waals surface area contributed by atoms with Gasteiger partial charge >= 0.3 is 0 Å². The lowest BCUT2D eigenvalue weighted by atomic mass is 9.92. The van der Waals surface area contributed by atoms with E-state index in [1.54, 1.807) is 0 Å². The van der Waals surface area contributed by atoms with Gasteiger partial charge in [-0.3, -0.25) is 0 Å². The van der Waals surface area contributed by atoms with Crippen LogP contribution in [0, 0.1) is 0 Å². The highest BCUT2D eigenvalue weighted by Crippen LogP contribution is 2.38. The average Bonchev–Trinajstić information content (AvgIpc) is 2.88. The Balaban J connectivity index is 2.20. The van der Waals surface area contributed by atoms with Gasteiger partial charge < -0.3 is 5.32 Å². The number of rotatable bonds is 5. The Hall–Kier alpha value is -0.0600. The van der Waals surface area contributed by atoms with E-state index in [0.717, 1.165) is 6.54 Å². The maximum atomic E-state index is 4.91. The minimum Gasteiger partial charge on any atom is -0.305 e. The van der Waals surface area contributed by atoms with Crippen molar-refractivity contribution in [3.63, 3.8) is 0 Å². The Kier molecular flexibility index (Phi) is 5.10. The van der Waals surface area contributed by atoms with Crippen LogP contribution in [0.2, 0.25) is 0 Å². The molecule has 2 rings (SSSR count). The maximum absolute atomic E-state index is 4.91. The standard InChI is InChI=1S/C14H24N2S2/c1-4-7-15-14(5-8-17-9-6-14)13-16-12(10-18-13)11(2)3/h10-11,15H,4-9H2,1-3H3. The molecule has 18 heavy (non-hydrogen) atoms. The summed E-state index contributed by atoms with van der Waals surface area (Å²) in [6.07, 6.45) is 3.64. The van der Waals surface area contributed by atoms with Crippen LogP contribution in [0.25, 0.3) is 0 Å². The second kappa shape index (κ2) is 6.40. The first-order valence-corrected chi connectivity index (χ1v) is 9.00. The maximum Gasteiger partial charge on any atom is 0.113 e. The smallest absolute Gasteiger partial charge is 0.113 e. The summed E-state index contributed by atoms with van der Waals surface area (Å²) in [4.78, 5) is 4.91. The van der Waals surface area contributed by atoms with Gasteiger partial charge in [0.2, 0.25) is 0 Å². The van der Waals surface area contributed by atoms with Crippen LogP contribution in [0.1, 0.15) is 56.7 Å². The lowest BCUT2D eigenvalue weighted by Gasteiger charge is -2.36. The van der Waals surface area contributed by atoms with E-state index < -0.39 is 0 Å². The third kappa shape index (κ3) is 3.09. The molecule has 1 saturated heterocycles. The Labute approximate surface area is 119 Å². The Morgan fingerprint density at radius 1 is 1.39 bits per heavy atom. The molecular formula is C14H24N2S2. The summed E-state index contributed by atoms with van der Waals surface area (Å²) in [5.74, 6) is 3.05. The molecule has 4 heteroatoms. The van der Waals surface area contributed by atoms with Crippen LogP contribution >= 0.6 is 23.1 Å². The second-order valence-electron chi connectivity index (χ2n) is 5.35. The van der Waals surface area contributed by atoms with Crippen LogP contribution in [-0.2, 0) is 5.54 Å². The van der Waals surface area contributed by atoms with Crippen molar-refractivity contribution in [1.29, 1.82) is 0 Å². The summed E-state index contributed by atoms with van der Waals surface area (Å²) in [6, 6.07) is 0. The van der Waals surface area contributed by atoms with Gasteiger partial charge in [-0.15, -0.1) is 11.3 Å². The number of hydrogen-bond donors (Lipinski definition) is 1. The molecule has 1 N–H and O–H groups in total. The third-order valence-corrected chi connectivity index (χ3v) is 5.63. The van der Waals surface area contributed by atoms with Gasteiger partial charge in [0.05, 0.1) is 11.2 Å². The van der Waals surface area contributed by atoms with Gasteiger partial charge in [0.15, 0.2) is 0 Å². The zero-order valence-electron chi connectivity index (χ0n) is 11.7. The molecule has 2 nitrogen and oxygen atoms in total. The zero-order valence-corrected chi connectivity index (χ0v) is 13.3. The molecule has 1 aromatic heterocycles. The molecule has 0 aromatic carbocycles. The number of thioether (sulfide) groups is 1. The molecule has 0 aliphatic carbocycles. The van der Waals surface area contributed by atoms with Crippen molar-refractivity contribution in [3.8, 4) is 0 Å². The summed E-state index contributed by atoms with van der Waals surface area (Å²) in [5.41, 5.74) is 1.42. The predicted octanol–water partition coefficient (Wildman–Crippen LogP) is 3.99. The molecule has 0 unspecified atom stereocenters. The van der Waals surface area contributed by atoms with Crippen molar-refractivity contribution in [2.75, 3.05) is 18.1 Å². The van der Waals surface area contributed by atoms with Gasteiger partial charge in [-0.25, -0.2) is 4.98 Å². The van der Waals surface area contributed by atoms with E-state index in [9.17, 15) is 0 Å². The first kappa shape index (κ1) is 14.4. The minimum atomic E-state index is 0.166. The Bertz CT molecular complexity index is 368. The van der Waals surface area contributed by atoms with Crippen molar-refractivity contribution < 1.29 is 0 Å². The van der Waals surface area contributed by atoms with Crippen LogP contribution in [0.5, 0.6) is 0 Å². The summed E-state index contributed by atoms with van der Waals surface area (Å²) in [5, 5.41) is 7.35. The van der Waals surface area contributed by atoms with Gasteiger partial charge in [-0.2, -0.15) is 11.8 Å². The fourth-order valence-electron chi connectivity index (χ4n) is 2.32. The SMILES string of the molecule is CCCNC1(c2nc(C(C)C)cs2)CCSCC1. The molecule has 0 saturated carbocycles. The first-order valence-electron chi connectivity index (χ1n) is 6.96. The van der Waals surface area contributed by atoms with E-state index in [1.165, 1.54) is 41.5 Å². The molecule has 1 fully saturated rings. The van der Waals surface area contributed by atoms with Crippen LogP contribution in [0.15, 0.2) is 5.38 Å². The monoisotopic (exact) mass is 284 g/mol. The summed E-state index contributed by atoms with van der Waals surface area (Å²) >= 11 is 3.93. The van der Waals surface area contributed by atoms with Gasteiger partial charge in [-0.05, 0) is 43.2 Å². The fourth-order valence-corrected chi connectivity index (χ4v) is 4.73. The lowest BCUT2D eigenvalue weighted by molar-refractivity contribution is 0.306. The zero-order chi connectivity index (χ0) is 13.0. The minimum absolute atomic E-state index is 0.166. The Morgan fingerprint density at radius 2 is 2.11 bits per heavy atom. The van der Waals surface area contributed by atoms with Crippen molar-refractivity contribution in [2.24, 2.45) is 0 Å². The van der Waals surface area contributed by atoms with E-state index in [1.807, 2.05) is 11.3 Å².